The third-order valence-corrected chi connectivity index (χ3v) is 1.71. The molecule has 0 amide bonds. The average molecular weight is 158 g/mol. The largest absolute Gasteiger partial charge is 0.479 e. The maximum absolute atomic E-state index is 10.6. The molecular formula is C8H14O3. The lowest BCUT2D eigenvalue weighted by Crippen LogP contribution is -2.30. The Bertz CT molecular complexity index is 149. The van der Waals surface area contributed by atoms with Crippen molar-refractivity contribution in [1.29, 1.82) is 0 Å². The Morgan fingerprint density at radius 3 is 2.36 bits per heavy atom. The molecule has 1 aliphatic carbocycles. The Morgan fingerprint density at radius 1 is 1.55 bits per heavy atom. The molecule has 0 spiro atoms. The van der Waals surface area contributed by atoms with E-state index >= 15 is 0 Å². The lowest BCUT2D eigenvalue weighted by Gasteiger charge is -2.16. The zero-order valence-corrected chi connectivity index (χ0v) is 6.91. The summed E-state index contributed by atoms with van der Waals surface area (Å²) in [5.41, 5.74) is 0. The van der Waals surface area contributed by atoms with E-state index in [1.165, 1.54) is 0 Å². The van der Waals surface area contributed by atoms with Gasteiger partial charge in [-0.15, -0.1) is 0 Å². The number of hydrogen-bond donors (Lipinski definition) is 1. The molecule has 0 saturated heterocycles. The fourth-order valence-electron chi connectivity index (χ4n) is 0.912. The number of hydrogen-bond acceptors (Lipinski definition) is 2. The van der Waals surface area contributed by atoms with Crippen molar-refractivity contribution < 1.29 is 14.6 Å². The first kappa shape index (κ1) is 8.53. The van der Waals surface area contributed by atoms with E-state index in [0.29, 0.717) is 0 Å². The van der Waals surface area contributed by atoms with E-state index in [0.717, 1.165) is 12.8 Å². The zero-order chi connectivity index (χ0) is 8.43. The van der Waals surface area contributed by atoms with Crippen LogP contribution in [0.15, 0.2) is 0 Å². The Labute approximate surface area is 66.4 Å². The maximum atomic E-state index is 10.6. The van der Waals surface area contributed by atoms with Crippen molar-refractivity contribution in [2.24, 2.45) is 5.92 Å². The standard InChI is InChI=1S/C8H14O3/c1-5(2)7(8(9)10)11-6-3-4-6/h5-7H,3-4H2,1-2H3,(H,9,10)/t7-/m0/s1. The number of carbonyl (C=O) groups is 1. The second kappa shape index (κ2) is 3.22. The van der Waals surface area contributed by atoms with Crippen molar-refractivity contribution >= 4 is 5.97 Å². The summed E-state index contributed by atoms with van der Waals surface area (Å²) >= 11 is 0. The van der Waals surface area contributed by atoms with Crippen LogP contribution in [0.5, 0.6) is 0 Å². The van der Waals surface area contributed by atoms with Crippen LogP contribution in [-0.2, 0) is 9.53 Å². The summed E-state index contributed by atoms with van der Waals surface area (Å²) in [6.45, 7) is 3.72. The van der Waals surface area contributed by atoms with Gasteiger partial charge in [-0.05, 0) is 18.8 Å². The molecule has 0 bridgehead atoms. The van der Waals surface area contributed by atoms with Gasteiger partial charge in [0, 0.05) is 0 Å². The highest BCUT2D eigenvalue weighted by atomic mass is 16.5. The highest BCUT2D eigenvalue weighted by Gasteiger charge is 2.31. The minimum absolute atomic E-state index is 0.0631. The summed E-state index contributed by atoms with van der Waals surface area (Å²) in [4.78, 5) is 10.6. The van der Waals surface area contributed by atoms with Crippen LogP contribution in [0.25, 0.3) is 0 Å². The van der Waals surface area contributed by atoms with Crippen molar-refractivity contribution in [1.82, 2.24) is 0 Å². The van der Waals surface area contributed by atoms with E-state index in [9.17, 15) is 4.79 Å². The highest BCUT2D eigenvalue weighted by Crippen LogP contribution is 2.26. The first-order valence-electron chi connectivity index (χ1n) is 3.99. The number of carboxylic acid groups (broad SMARTS) is 1. The van der Waals surface area contributed by atoms with Crippen LogP contribution in [0, 0.1) is 5.92 Å². The molecule has 0 heterocycles. The molecule has 11 heavy (non-hydrogen) atoms. The molecule has 0 radical (unpaired) electrons. The molecule has 3 heteroatoms. The summed E-state index contributed by atoms with van der Waals surface area (Å²) < 4.78 is 5.28. The smallest absolute Gasteiger partial charge is 0.333 e. The van der Waals surface area contributed by atoms with E-state index in [2.05, 4.69) is 0 Å². The van der Waals surface area contributed by atoms with Crippen molar-refractivity contribution in [2.45, 2.75) is 38.9 Å². The van der Waals surface area contributed by atoms with E-state index < -0.39 is 12.1 Å². The minimum Gasteiger partial charge on any atom is -0.479 e. The molecular weight excluding hydrogens is 144 g/mol. The molecule has 0 unspecified atom stereocenters. The van der Waals surface area contributed by atoms with Crippen LogP contribution in [0.2, 0.25) is 0 Å². The topological polar surface area (TPSA) is 46.5 Å². The van der Waals surface area contributed by atoms with Crippen molar-refractivity contribution in [3.05, 3.63) is 0 Å². The van der Waals surface area contributed by atoms with Gasteiger partial charge in [-0.3, -0.25) is 0 Å². The molecule has 0 aliphatic heterocycles. The van der Waals surface area contributed by atoms with Gasteiger partial charge in [0.25, 0.3) is 0 Å². The van der Waals surface area contributed by atoms with Crippen molar-refractivity contribution in [3.8, 4) is 0 Å². The first-order valence-corrected chi connectivity index (χ1v) is 3.99. The van der Waals surface area contributed by atoms with E-state index in [1.807, 2.05) is 13.8 Å². The van der Waals surface area contributed by atoms with E-state index in [1.54, 1.807) is 0 Å². The van der Waals surface area contributed by atoms with Crippen LogP contribution in [-0.4, -0.2) is 23.3 Å². The van der Waals surface area contributed by atoms with Crippen LogP contribution >= 0.6 is 0 Å². The molecule has 0 aromatic rings. The van der Waals surface area contributed by atoms with Gasteiger partial charge >= 0.3 is 5.97 Å². The van der Waals surface area contributed by atoms with Crippen LogP contribution in [0.4, 0.5) is 0 Å². The average Bonchev–Trinajstić information content (AvgIpc) is 2.63. The van der Waals surface area contributed by atoms with Gasteiger partial charge in [0.05, 0.1) is 6.10 Å². The van der Waals surface area contributed by atoms with Crippen molar-refractivity contribution in [2.75, 3.05) is 0 Å². The van der Waals surface area contributed by atoms with Crippen LogP contribution in [0.3, 0.4) is 0 Å². The molecule has 0 aromatic carbocycles. The van der Waals surface area contributed by atoms with Gasteiger partial charge in [-0.25, -0.2) is 4.79 Å². The molecule has 1 N–H and O–H groups in total. The molecule has 1 aliphatic rings. The summed E-state index contributed by atoms with van der Waals surface area (Å²) in [6, 6.07) is 0. The zero-order valence-electron chi connectivity index (χ0n) is 6.91. The molecule has 1 saturated carbocycles. The number of aliphatic carboxylic acids is 1. The van der Waals surface area contributed by atoms with E-state index in [-0.39, 0.29) is 12.0 Å². The maximum Gasteiger partial charge on any atom is 0.333 e. The summed E-state index contributed by atoms with van der Waals surface area (Å²) in [5, 5.41) is 8.70. The molecule has 1 atom stereocenters. The van der Waals surface area contributed by atoms with Crippen LogP contribution < -0.4 is 0 Å². The Balaban J connectivity index is 2.37. The number of rotatable bonds is 4. The first-order chi connectivity index (χ1) is 5.11. The fraction of sp³-hybridized carbons (Fsp3) is 0.875. The van der Waals surface area contributed by atoms with E-state index in [4.69, 9.17) is 9.84 Å². The van der Waals surface area contributed by atoms with Gasteiger partial charge in [-0.2, -0.15) is 0 Å². The highest BCUT2D eigenvalue weighted by molar-refractivity contribution is 5.72. The van der Waals surface area contributed by atoms with Crippen molar-refractivity contribution in [3.63, 3.8) is 0 Å². The Kier molecular flexibility index (Phi) is 2.49. The second-order valence-corrected chi connectivity index (χ2v) is 3.34. The minimum atomic E-state index is -0.841. The normalized spacial score (nSPS) is 20.3. The molecule has 64 valence electrons. The van der Waals surface area contributed by atoms with Gasteiger partial charge in [0.2, 0.25) is 0 Å². The third-order valence-electron chi connectivity index (χ3n) is 1.71. The lowest BCUT2D eigenvalue weighted by atomic mass is 10.1. The monoisotopic (exact) mass is 158 g/mol. The Hall–Kier alpha value is -0.570. The quantitative estimate of drug-likeness (QED) is 0.670. The van der Waals surface area contributed by atoms with Gasteiger partial charge in [0.15, 0.2) is 6.10 Å². The number of ether oxygens (including phenoxy) is 1. The summed E-state index contributed by atoms with van der Waals surface area (Å²) in [6.07, 6.45) is 1.66. The molecule has 3 nitrogen and oxygen atoms in total. The predicted molar refractivity (Wildman–Crippen MR) is 40.4 cm³/mol. The second-order valence-electron chi connectivity index (χ2n) is 3.34. The summed E-state index contributed by atoms with van der Waals surface area (Å²) in [7, 11) is 0. The SMILES string of the molecule is CC(C)[C@H](OC1CC1)C(=O)O. The fourth-order valence-corrected chi connectivity index (χ4v) is 0.912. The van der Waals surface area contributed by atoms with Crippen LogP contribution in [0.1, 0.15) is 26.7 Å². The Morgan fingerprint density at radius 2 is 2.09 bits per heavy atom. The molecule has 1 rings (SSSR count). The molecule has 1 fully saturated rings. The predicted octanol–water partition coefficient (Wildman–Crippen LogP) is 1.27. The third kappa shape index (κ3) is 2.50. The van der Waals surface area contributed by atoms with Gasteiger partial charge in [-0.1, -0.05) is 13.8 Å². The van der Waals surface area contributed by atoms with Gasteiger partial charge < -0.3 is 9.84 Å². The molecule has 0 aromatic heterocycles. The lowest BCUT2D eigenvalue weighted by molar-refractivity contribution is -0.154. The number of carboxylic acids is 1. The van der Waals surface area contributed by atoms with Gasteiger partial charge in [0.1, 0.15) is 0 Å². The summed E-state index contributed by atoms with van der Waals surface area (Å²) in [5.74, 6) is -0.778.